The van der Waals surface area contributed by atoms with E-state index in [1.807, 2.05) is 53.3 Å². The molecule has 0 radical (unpaired) electrons. The number of carbonyl (C=O) groups is 2. The Kier molecular flexibility index (Phi) is 6.64. The van der Waals surface area contributed by atoms with Crippen molar-refractivity contribution in [2.75, 3.05) is 25.7 Å². The summed E-state index contributed by atoms with van der Waals surface area (Å²) in [4.78, 5) is 31.7. The fourth-order valence-electron chi connectivity index (χ4n) is 2.72. The summed E-state index contributed by atoms with van der Waals surface area (Å²) in [6, 6.07) is 15.1. The Morgan fingerprint density at radius 2 is 1.82 bits per heavy atom. The second-order valence-corrected chi connectivity index (χ2v) is 8.20. The number of para-hydroxylation sites is 3. The molecular weight excluding hydrogens is 392 g/mol. The number of nitrogens with zero attached hydrogens (tertiary/aromatic N) is 3. The lowest BCUT2D eigenvalue weighted by Crippen LogP contribution is -2.21. The number of imidazole rings is 1. The Bertz CT molecular complexity index is 1000. The number of nitrogens with one attached hydrogen (secondary N) is 1. The monoisotopic (exact) mass is 414 g/mol. The first-order valence-electron chi connectivity index (χ1n) is 8.70. The van der Waals surface area contributed by atoms with Gasteiger partial charge in [0.25, 0.3) is 5.24 Å². The predicted octanol–water partition coefficient (Wildman–Crippen LogP) is 4.31. The van der Waals surface area contributed by atoms with Crippen LogP contribution in [-0.4, -0.2) is 45.9 Å². The number of hydrogen-bond donors (Lipinski definition) is 1. The molecule has 0 saturated heterocycles. The number of aromatic nitrogens is 2. The molecule has 0 unspecified atom stereocenters. The number of rotatable bonds is 6. The first-order valence-corrected chi connectivity index (χ1v) is 10.9. The van der Waals surface area contributed by atoms with E-state index in [1.165, 1.54) is 4.90 Å². The molecule has 0 aliphatic carbocycles. The van der Waals surface area contributed by atoms with Gasteiger partial charge in [-0.05, 0) is 42.3 Å². The molecule has 2 aromatic carbocycles. The number of thioether (sulfide) groups is 2. The molecule has 6 nitrogen and oxygen atoms in total. The van der Waals surface area contributed by atoms with Gasteiger partial charge in [-0.25, -0.2) is 4.98 Å². The Balaban J connectivity index is 1.81. The molecule has 1 aromatic heterocycles. The summed E-state index contributed by atoms with van der Waals surface area (Å²) in [5.41, 5.74) is 2.45. The van der Waals surface area contributed by atoms with Crippen molar-refractivity contribution < 1.29 is 9.59 Å². The summed E-state index contributed by atoms with van der Waals surface area (Å²) in [7, 11) is 3.40. The molecule has 0 fully saturated rings. The van der Waals surface area contributed by atoms with Crippen LogP contribution in [0.2, 0.25) is 0 Å². The molecule has 0 aliphatic heterocycles. The fraction of sp³-hybridized carbons (Fsp3) is 0.250. The number of fused-ring (bicyclic) bond motifs is 1. The van der Waals surface area contributed by atoms with Crippen LogP contribution in [0.1, 0.15) is 5.82 Å². The molecule has 146 valence electrons. The normalized spacial score (nSPS) is 10.8. The Labute approximate surface area is 172 Å². The molecule has 0 atom stereocenters. The van der Waals surface area contributed by atoms with Gasteiger partial charge in [0.1, 0.15) is 12.4 Å². The summed E-state index contributed by atoms with van der Waals surface area (Å²) in [5, 5.41) is 2.85. The van der Waals surface area contributed by atoms with Crippen molar-refractivity contribution in [2.45, 2.75) is 17.2 Å². The maximum Gasteiger partial charge on any atom is 0.286 e. The third-order valence-electron chi connectivity index (χ3n) is 4.03. The Morgan fingerprint density at radius 1 is 1.11 bits per heavy atom. The average molecular weight is 415 g/mol. The summed E-state index contributed by atoms with van der Waals surface area (Å²) >= 11 is 2.76. The lowest BCUT2D eigenvalue weighted by Gasteiger charge is -2.14. The number of amides is 2. The van der Waals surface area contributed by atoms with Crippen LogP contribution in [0.5, 0.6) is 0 Å². The van der Waals surface area contributed by atoms with Gasteiger partial charge in [0, 0.05) is 19.0 Å². The van der Waals surface area contributed by atoms with E-state index in [0.29, 0.717) is 5.69 Å². The topological polar surface area (TPSA) is 67.2 Å². The van der Waals surface area contributed by atoms with Crippen LogP contribution in [0.25, 0.3) is 11.0 Å². The van der Waals surface area contributed by atoms with Gasteiger partial charge in [-0.2, -0.15) is 11.8 Å². The second kappa shape index (κ2) is 9.16. The predicted molar refractivity (Wildman–Crippen MR) is 117 cm³/mol. The van der Waals surface area contributed by atoms with Crippen LogP contribution in [0.4, 0.5) is 10.5 Å². The lowest BCUT2D eigenvalue weighted by molar-refractivity contribution is -0.116. The largest absolute Gasteiger partial charge is 0.339 e. The minimum Gasteiger partial charge on any atom is -0.339 e. The lowest BCUT2D eigenvalue weighted by atomic mass is 10.3. The molecule has 1 N–H and O–H groups in total. The van der Waals surface area contributed by atoms with Gasteiger partial charge in [-0.15, -0.1) is 0 Å². The number of hydrogen-bond acceptors (Lipinski definition) is 5. The van der Waals surface area contributed by atoms with Crippen LogP contribution < -0.4 is 5.32 Å². The summed E-state index contributed by atoms with van der Waals surface area (Å²) in [6.45, 7) is 0.164. The molecule has 1 heterocycles. The highest BCUT2D eigenvalue weighted by Gasteiger charge is 2.16. The van der Waals surface area contributed by atoms with Crippen molar-refractivity contribution in [1.29, 1.82) is 0 Å². The molecule has 0 bridgehead atoms. The summed E-state index contributed by atoms with van der Waals surface area (Å²) in [5.74, 6) is 1.44. The van der Waals surface area contributed by atoms with Crippen molar-refractivity contribution in [3.8, 4) is 0 Å². The molecule has 0 spiro atoms. The fourth-order valence-corrected chi connectivity index (χ4v) is 3.94. The molecule has 3 rings (SSSR count). The maximum absolute atomic E-state index is 12.8. The molecule has 2 amide bonds. The van der Waals surface area contributed by atoms with Gasteiger partial charge in [0.2, 0.25) is 5.91 Å². The average Bonchev–Trinajstić information content (AvgIpc) is 3.01. The van der Waals surface area contributed by atoms with Gasteiger partial charge < -0.3 is 14.8 Å². The summed E-state index contributed by atoms with van der Waals surface area (Å²) < 4.78 is 1.95. The third kappa shape index (κ3) is 4.69. The highest BCUT2D eigenvalue weighted by atomic mass is 32.2. The maximum atomic E-state index is 12.8. The first kappa shape index (κ1) is 20.3. The van der Waals surface area contributed by atoms with E-state index in [9.17, 15) is 9.59 Å². The first-order chi connectivity index (χ1) is 13.5. The zero-order valence-corrected chi connectivity index (χ0v) is 17.6. The highest BCUT2D eigenvalue weighted by molar-refractivity contribution is 8.13. The Morgan fingerprint density at radius 3 is 2.57 bits per heavy atom. The van der Waals surface area contributed by atoms with E-state index >= 15 is 0 Å². The van der Waals surface area contributed by atoms with Crippen molar-refractivity contribution in [1.82, 2.24) is 14.5 Å². The number of benzene rings is 2. The van der Waals surface area contributed by atoms with E-state index in [0.717, 1.165) is 39.3 Å². The quantitative estimate of drug-likeness (QED) is 0.609. The van der Waals surface area contributed by atoms with Gasteiger partial charge in [0.05, 0.1) is 22.5 Å². The van der Waals surface area contributed by atoms with Gasteiger partial charge >= 0.3 is 0 Å². The number of anilines is 1. The Hall–Kier alpha value is -2.45. The van der Waals surface area contributed by atoms with Crippen LogP contribution in [0, 0.1) is 0 Å². The molecule has 8 heteroatoms. The highest BCUT2D eigenvalue weighted by Crippen LogP contribution is 2.29. The van der Waals surface area contributed by atoms with Crippen LogP contribution in [0.3, 0.4) is 0 Å². The van der Waals surface area contributed by atoms with Gasteiger partial charge in [-0.1, -0.05) is 24.3 Å². The zero-order chi connectivity index (χ0) is 20.1. The van der Waals surface area contributed by atoms with Crippen molar-refractivity contribution in [3.63, 3.8) is 0 Å². The van der Waals surface area contributed by atoms with Crippen molar-refractivity contribution >= 4 is 51.4 Å². The SMILES string of the molecule is CSCc1nc2ccccc2n1CC(=O)Nc1ccccc1SC(=O)N(C)C. The summed E-state index contributed by atoms with van der Waals surface area (Å²) in [6.07, 6.45) is 2.01. The second-order valence-electron chi connectivity index (χ2n) is 6.34. The standard InChI is InChI=1S/C20H22N4O2S2/c1-23(2)20(26)28-17-11-7-5-9-15(17)22-19(25)12-24-16-10-6-4-8-14(16)21-18(24)13-27-3/h4-11H,12-13H2,1-3H3,(H,22,25). The van der Waals surface area contributed by atoms with E-state index in [4.69, 9.17) is 0 Å². The molecule has 0 aliphatic rings. The van der Waals surface area contributed by atoms with E-state index in [-0.39, 0.29) is 17.7 Å². The van der Waals surface area contributed by atoms with Crippen LogP contribution in [-0.2, 0) is 17.1 Å². The van der Waals surface area contributed by atoms with Crippen LogP contribution in [0.15, 0.2) is 53.4 Å². The van der Waals surface area contributed by atoms with Crippen molar-refractivity contribution in [3.05, 3.63) is 54.4 Å². The molecule has 0 saturated carbocycles. The third-order valence-corrected chi connectivity index (χ3v) is 5.69. The van der Waals surface area contributed by atoms with E-state index in [1.54, 1.807) is 31.9 Å². The zero-order valence-electron chi connectivity index (χ0n) is 16.0. The minimum atomic E-state index is -0.157. The smallest absolute Gasteiger partial charge is 0.286 e. The van der Waals surface area contributed by atoms with Gasteiger partial charge in [-0.3, -0.25) is 9.59 Å². The van der Waals surface area contributed by atoms with Crippen LogP contribution >= 0.6 is 23.5 Å². The molecule has 3 aromatic rings. The van der Waals surface area contributed by atoms with Crippen molar-refractivity contribution in [2.24, 2.45) is 0 Å². The minimum absolute atomic E-state index is 0.0930. The van der Waals surface area contributed by atoms with Gasteiger partial charge in [0.15, 0.2) is 0 Å². The molecular formula is C20H22N4O2S2. The number of carbonyl (C=O) groups excluding carboxylic acids is 2. The van der Waals surface area contributed by atoms with E-state index < -0.39 is 0 Å². The van der Waals surface area contributed by atoms with E-state index in [2.05, 4.69) is 10.3 Å². The molecule has 28 heavy (non-hydrogen) atoms.